The highest BCUT2D eigenvalue weighted by atomic mass is 79.9. The SMILES string of the molecule is O=C1c2ccc(Br)cc2CN1CCCc1ccccc1. The van der Waals surface area contributed by atoms with Gasteiger partial charge in [-0.2, -0.15) is 0 Å². The summed E-state index contributed by atoms with van der Waals surface area (Å²) in [6, 6.07) is 16.3. The molecule has 0 N–H and O–H groups in total. The lowest BCUT2D eigenvalue weighted by Crippen LogP contribution is -2.25. The fraction of sp³-hybridized carbons (Fsp3) is 0.235. The van der Waals surface area contributed by atoms with Gasteiger partial charge in [-0.15, -0.1) is 0 Å². The van der Waals surface area contributed by atoms with Gasteiger partial charge in [-0.3, -0.25) is 4.79 Å². The van der Waals surface area contributed by atoms with E-state index in [0.717, 1.165) is 41.5 Å². The van der Waals surface area contributed by atoms with E-state index in [2.05, 4.69) is 40.2 Å². The predicted molar refractivity (Wildman–Crippen MR) is 83.6 cm³/mol. The Morgan fingerprint density at radius 2 is 1.90 bits per heavy atom. The molecule has 1 amide bonds. The first-order valence-electron chi connectivity index (χ1n) is 6.85. The maximum absolute atomic E-state index is 12.3. The molecule has 0 unspecified atom stereocenters. The molecule has 0 aromatic heterocycles. The monoisotopic (exact) mass is 329 g/mol. The molecule has 0 fully saturated rings. The van der Waals surface area contributed by atoms with Crippen molar-refractivity contribution in [2.24, 2.45) is 0 Å². The van der Waals surface area contributed by atoms with Gasteiger partial charge in [0, 0.05) is 23.1 Å². The number of amides is 1. The first-order chi connectivity index (χ1) is 9.74. The minimum atomic E-state index is 0.167. The van der Waals surface area contributed by atoms with Crippen molar-refractivity contribution in [2.45, 2.75) is 19.4 Å². The third kappa shape index (κ3) is 2.78. The van der Waals surface area contributed by atoms with Crippen molar-refractivity contribution in [3.8, 4) is 0 Å². The molecule has 2 aromatic rings. The van der Waals surface area contributed by atoms with Crippen LogP contribution in [0.2, 0.25) is 0 Å². The van der Waals surface area contributed by atoms with Gasteiger partial charge in [-0.1, -0.05) is 46.3 Å². The van der Waals surface area contributed by atoms with Crippen LogP contribution in [-0.2, 0) is 13.0 Å². The van der Waals surface area contributed by atoms with Gasteiger partial charge in [0.1, 0.15) is 0 Å². The Labute approximate surface area is 127 Å². The van der Waals surface area contributed by atoms with Crippen molar-refractivity contribution >= 4 is 21.8 Å². The summed E-state index contributed by atoms with van der Waals surface area (Å²) < 4.78 is 1.04. The molecule has 1 aliphatic heterocycles. The van der Waals surface area contributed by atoms with E-state index in [1.54, 1.807) is 0 Å². The number of rotatable bonds is 4. The van der Waals surface area contributed by atoms with Crippen LogP contribution in [0.3, 0.4) is 0 Å². The lowest BCUT2D eigenvalue weighted by molar-refractivity contribution is 0.0777. The standard InChI is InChI=1S/C17H16BrNO/c18-15-8-9-16-14(11-15)12-19(17(16)20)10-4-7-13-5-2-1-3-6-13/h1-3,5-6,8-9,11H,4,7,10,12H2. The van der Waals surface area contributed by atoms with Crippen molar-refractivity contribution < 1.29 is 4.79 Å². The van der Waals surface area contributed by atoms with Gasteiger partial charge in [-0.05, 0) is 42.2 Å². The van der Waals surface area contributed by atoms with Crippen LogP contribution in [-0.4, -0.2) is 17.4 Å². The van der Waals surface area contributed by atoms with Crippen molar-refractivity contribution in [1.82, 2.24) is 4.90 Å². The Morgan fingerprint density at radius 3 is 2.70 bits per heavy atom. The number of hydrogen-bond donors (Lipinski definition) is 0. The Hall–Kier alpha value is -1.61. The highest BCUT2D eigenvalue weighted by Crippen LogP contribution is 2.26. The van der Waals surface area contributed by atoms with Gasteiger partial charge in [0.25, 0.3) is 5.91 Å². The number of halogens is 1. The number of nitrogens with zero attached hydrogens (tertiary/aromatic N) is 1. The van der Waals surface area contributed by atoms with Crippen molar-refractivity contribution in [1.29, 1.82) is 0 Å². The van der Waals surface area contributed by atoms with E-state index >= 15 is 0 Å². The number of fused-ring (bicyclic) bond motifs is 1. The molecule has 1 heterocycles. The topological polar surface area (TPSA) is 20.3 Å². The number of carbonyl (C=O) groups is 1. The van der Waals surface area contributed by atoms with Crippen LogP contribution in [0.25, 0.3) is 0 Å². The minimum absolute atomic E-state index is 0.167. The normalized spacial score (nSPS) is 13.7. The zero-order valence-corrected chi connectivity index (χ0v) is 12.8. The van der Waals surface area contributed by atoms with Gasteiger partial charge in [0.05, 0.1) is 0 Å². The fourth-order valence-electron chi connectivity index (χ4n) is 2.65. The Morgan fingerprint density at radius 1 is 1.10 bits per heavy atom. The van der Waals surface area contributed by atoms with Crippen LogP contribution in [0.1, 0.15) is 27.9 Å². The molecule has 1 aliphatic rings. The number of aryl methyl sites for hydroxylation is 1. The molecule has 0 saturated heterocycles. The Kier molecular flexibility index (Phi) is 3.88. The van der Waals surface area contributed by atoms with Gasteiger partial charge in [0.2, 0.25) is 0 Å². The zero-order valence-electron chi connectivity index (χ0n) is 11.2. The summed E-state index contributed by atoms with van der Waals surface area (Å²) in [7, 11) is 0. The largest absolute Gasteiger partial charge is 0.334 e. The van der Waals surface area contributed by atoms with E-state index in [1.807, 2.05) is 29.2 Å². The maximum Gasteiger partial charge on any atom is 0.254 e. The fourth-order valence-corrected chi connectivity index (χ4v) is 3.06. The van der Waals surface area contributed by atoms with Gasteiger partial charge in [-0.25, -0.2) is 0 Å². The second-order valence-corrected chi connectivity index (χ2v) is 6.03. The lowest BCUT2D eigenvalue weighted by Gasteiger charge is -2.15. The average molecular weight is 330 g/mol. The van der Waals surface area contributed by atoms with E-state index in [0.29, 0.717) is 0 Å². The van der Waals surface area contributed by atoms with Gasteiger partial charge >= 0.3 is 0 Å². The molecule has 3 heteroatoms. The number of hydrogen-bond acceptors (Lipinski definition) is 1. The van der Waals surface area contributed by atoms with Crippen molar-refractivity contribution in [3.63, 3.8) is 0 Å². The first-order valence-corrected chi connectivity index (χ1v) is 7.65. The molecule has 0 aliphatic carbocycles. The highest BCUT2D eigenvalue weighted by Gasteiger charge is 2.26. The summed E-state index contributed by atoms with van der Waals surface area (Å²) in [6.07, 6.45) is 2.02. The van der Waals surface area contributed by atoms with Crippen LogP contribution in [0.15, 0.2) is 53.0 Å². The molecule has 0 atom stereocenters. The Balaban J connectivity index is 1.59. The molecule has 0 spiro atoms. The first kappa shape index (κ1) is 13.4. The molecule has 2 nitrogen and oxygen atoms in total. The summed E-state index contributed by atoms with van der Waals surface area (Å²) in [5.41, 5.74) is 3.32. The average Bonchev–Trinajstić information content (AvgIpc) is 2.76. The third-order valence-corrected chi connectivity index (χ3v) is 4.18. The molecular weight excluding hydrogens is 314 g/mol. The summed E-state index contributed by atoms with van der Waals surface area (Å²) in [4.78, 5) is 14.2. The van der Waals surface area contributed by atoms with E-state index in [1.165, 1.54) is 5.56 Å². The second-order valence-electron chi connectivity index (χ2n) is 5.12. The predicted octanol–water partition coefficient (Wildman–Crippen LogP) is 4.04. The Bertz CT molecular complexity index is 624. The zero-order chi connectivity index (χ0) is 13.9. The quantitative estimate of drug-likeness (QED) is 0.829. The second kappa shape index (κ2) is 5.80. The maximum atomic E-state index is 12.3. The molecule has 0 saturated carbocycles. The number of carbonyl (C=O) groups excluding carboxylic acids is 1. The third-order valence-electron chi connectivity index (χ3n) is 3.68. The van der Waals surface area contributed by atoms with E-state index in [9.17, 15) is 4.79 Å². The summed E-state index contributed by atoms with van der Waals surface area (Å²) in [6.45, 7) is 1.56. The summed E-state index contributed by atoms with van der Waals surface area (Å²) in [5, 5.41) is 0. The molecule has 20 heavy (non-hydrogen) atoms. The lowest BCUT2D eigenvalue weighted by atomic mass is 10.1. The summed E-state index contributed by atoms with van der Waals surface area (Å²) >= 11 is 3.46. The smallest absolute Gasteiger partial charge is 0.254 e. The summed E-state index contributed by atoms with van der Waals surface area (Å²) in [5.74, 6) is 0.167. The van der Waals surface area contributed by atoms with Crippen LogP contribution in [0.4, 0.5) is 0 Å². The molecule has 0 bridgehead atoms. The molecule has 0 radical (unpaired) electrons. The van der Waals surface area contributed by atoms with E-state index in [4.69, 9.17) is 0 Å². The number of benzene rings is 2. The molecule has 102 valence electrons. The van der Waals surface area contributed by atoms with Crippen molar-refractivity contribution in [3.05, 3.63) is 69.7 Å². The molecule has 3 rings (SSSR count). The van der Waals surface area contributed by atoms with E-state index in [-0.39, 0.29) is 5.91 Å². The molecule has 2 aromatic carbocycles. The van der Waals surface area contributed by atoms with E-state index < -0.39 is 0 Å². The van der Waals surface area contributed by atoms with Gasteiger partial charge in [0.15, 0.2) is 0 Å². The minimum Gasteiger partial charge on any atom is -0.334 e. The highest BCUT2D eigenvalue weighted by molar-refractivity contribution is 9.10. The van der Waals surface area contributed by atoms with Crippen molar-refractivity contribution in [2.75, 3.05) is 6.54 Å². The van der Waals surface area contributed by atoms with Gasteiger partial charge < -0.3 is 4.90 Å². The molecular formula is C17H16BrNO. The van der Waals surface area contributed by atoms with Crippen LogP contribution >= 0.6 is 15.9 Å². The van der Waals surface area contributed by atoms with Crippen LogP contribution in [0.5, 0.6) is 0 Å². The van der Waals surface area contributed by atoms with Crippen LogP contribution < -0.4 is 0 Å². The van der Waals surface area contributed by atoms with Crippen LogP contribution in [0, 0.1) is 0 Å².